The fourth-order valence-electron chi connectivity index (χ4n) is 2.99. The molecule has 0 fully saturated rings. The molecule has 0 bridgehead atoms. The van der Waals surface area contributed by atoms with Gasteiger partial charge in [-0.3, -0.25) is 4.79 Å². The SMILES string of the molecule is COCCn1c(=NC(=O)Cc2ccc(SC(C)C)cc2)sc2cc(S(N)(=O)=O)ccc21. The highest BCUT2D eigenvalue weighted by Gasteiger charge is 2.13. The van der Waals surface area contributed by atoms with Crippen LogP contribution in [-0.4, -0.2) is 37.9 Å². The zero-order valence-electron chi connectivity index (χ0n) is 17.6. The summed E-state index contributed by atoms with van der Waals surface area (Å²) in [5.74, 6) is -0.270. The standard InChI is InChI=1S/C21H25N3O4S3/c1-14(2)29-16-6-4-15(5-7-16)12-20(25)23-21-24(10-11-28-3)18-9-8-17(31(22,26)27)13-19(18)30-21/h4-9,13-14H,10-12H2,1-3H3,(H2,22,26,27). The normalized spacial score (nSPS) is 12.7. The molecule has 2 N–H and O–H groups in total. The molecule has 0 saturated heterocycles. The number of hydrogen-bond donors (Lipinski definition) is 1. The van der Waals surface area contributed by atoms with Gasteiger partial charge in [-0.05, 0) is 35.9 Å². The van der Waals surface area contributed by atoms with Crippen molar-refractivity contribution in [3.63, 3.8) is 0 Å². The van der Waals surface area contributed by atoms with E-state index in [1.807, 2.05) is 28.8 Å². The van der Waals surface area contributed by atoms with Crippen LogP contribution in [0.2, 0.25) is 0 Å². The summed E-state index contributed by atoms with van der Waals surface area (Å²) in [6.07, 6.45) is 0.188. The lowest BCUT2D eigenvalue weighted by atomic mass is 10.1. The van der Waals surface area contributed by atoms with E-state index in [-0.39, 0.29) is 17.2 Å². The molecule has 0 aliphatic rings. The molecule has 0 aliphatic heterocycles. The van der Waals surface area contributed by atoms with Crippen molar-refractivity contribution in [2.24, 2.45) is 10.1 Å². The van der Waals surface area contributed by atoms with E-state index in [0.717, 1.165) is 16.0 Å². The van der Waals surface area contributed by atoms with E-state index in [4.69, 9.17) is 9.88 Å². The number of carbonyl (C=O) groups excluding carboxylic acids is 1. The molecular formula is C21H25N3O4S3. The molecule has 7 nitrogen and oxygen atoms in total. The van der Waals surface area contributed by atoms with Crippen LogP contribution in [0.15, 0.2) is 57.2 Å². The van der Waals surface area contributed by atoms with Crippen LogP contribution in [0.1, 0.15) is 19.4 Å². The minimum Gasteiger partial charge on any atom is -0.383 e. The lowest BCUT2D eigenvalue weighted by molar-refractivity contribution is -0.117. The summed E-state index contributed by atoms with van der Waals surface area (Å²) in [5, 5.41) is 5.74. The maximum Gasteiger partial charge on any atom is 0.252 e. The lowest BCUT2D eigenvalue weighted by Gasteiger charge is -2.06. The average molecular weight is 480 g/mol. The van der Waals surface area contributed by atoms with Crippen LogP contribution < -0.4 is 9.94 Å². The van der Waals surface area contributed by atoms with E-state index in [2.05, 4.69) is 18.8 Å². The maximum atomic E-state index is 12.6. The van der Waals surface area contributed by atoms with Crippen LogP contribution >= 0.6 is 23.1 Å². The van der Waals surface area contributed by atoms with Gasteiger partial charge in [-0.1, -0.05) is 37.3 Å². The molecule has 3 aromatic rings. The number of nitrogens with zero attached hydrogens (tertiary/aromatic N) is 2. The zero-order chi connectivity index (χ0) is 22.6. The topological polar surface area (TPSA) is 104 Å². The summed E-state index contributed by atoms with van der Waals surface area (Å²) in [4.78, 5) is 18.6. The van der Waals surface area contributed by atoms with E-state index in [9.17, 15) is 13.2 Å². The number of methoxy groups -OCH3 is 1. The second-order valence-electron chi connectivity index (χ2n) is 7.20. The third-order valence-corrected chi connectivity index (χ3v) is 7.34. The number of rotatable bonds is 8. The fraction of sp³-hybridized carbons (Fsp3) is 0.333. The summed E-state index contributed by atoms with van der Waals surface area (Å²) in [6, 6.07) is 12.6. The van der Waals surface area contributed by atoms with Gasteiger partial charge in [0.05, 0.1) is 28.1 Å². The molecule has 3 rings (SSSR count). The van der Waals surface area contributed by atoms with Crippen LogP contribution in [-0.2, 0) is 32.5 Å². The van der Waals surface area contributed by atoms with E-state index in [1.165, 1.54) is 23.5 Å². The molecule has 0 spiro atoms. The Morgan fingerprint density at radius 1 is 1.23 bits per heavy atom. The quantitative estimate of drug-likeness (QED) is 0.500. The molecule has 0 unspecified atom stereocenters. The lowest BCUT2D eigenvalue weighted by Crippen LogP contribution is -2.19. The summed E-state index contributed by atoms with van der Waals surface area (Å²) in [6.45, 7) is 5.19. The van der Waals surface area contributed by atoms with Gasteiger partial charge in [0.15, 0.2) is 4.80 Å². The van der Waals surface area contributed by atoms with Gasteiger partial charge >= 0.3 is 0 Å². The first-order chi connectivity index (χ1) is 14.7. The number of amides is 1. The molecule has 2 aromatic carbocycles. The van der Waals surface area contributed by atoms with Crippen molar-refractivity contribution in [1.29, 1.82) is 0 Å². The predicted octanol–water partition coefficient (Wildman–Crippen LogP) is 3.17. The molecule has 31 heavy (non-hydrogen) atoms. The number of thiazole rings is 1. The number of hydrogen-bond acceptors (Lipinski definition) is 6. The highest BCUT2D eigenvalue weighted by atomic mass is 32.2. The number of fused-ring (bicyclic) bond motifs is 1. The van der Waals surface area contributed by atoms with Crippen molar-refractivity contribution < 1.29 is 17.9 Å². The Hall–Kier alpha value is -1.98. The smallest absolute Gasteiger partial charge is 0.252 e. The number of carbonyl (C=O) groups is 1. The molecule has 1 heterocycles. The van der Waals surface area contributed by atoms with E-state index >= 15 is 0 Å². The molecular weight excluding hydrogens is 454 g/mol. The molecule has 0 radical (unpaired) electrons. The average Bonchev–Trinajstić information content (AvgIpc) is 3.02. The van der Waals surface area contributed by atoms with Crippen molar-refractivity contribution in [3.8, 4) is 0 Å². The monoisotopic (exact) mass is 479 g/mol. The van der Waals surface area contributed by atoms with Crippen molar-refractivity contribution in [1.82, 2.24) is 4.57 Å². The molecule has 10 heteroatoms. The van der Waals surface area contributed by atoms with E-state index < -0.39 is 10.0 Å². The molecule has 1 amide bonds. The Balaban J connectivity index is 1.92. The number of nitrogens with two attached hydrogens (primary N) is 1. The Morgan fingerprint density at radius 2 is 1.94 bits per heavy atom. The van der Waals surface area contributed by atoms with Crippen LogP contribution in [0, 0.1) is 0 Å². The number of aromatic nitrogens is 1. The van der Waals surface area contributed by atoms with Gasteiger partial charge in [0.1, 0.15) is 0 Å². The highest BCUT2D eigenvalue weighted by molar-refractivity contribution is 7.99. The van der Waals surface area contributed by atoms with Gasteiger partial charge in [-0.2, -0.15) is 4.99 Å². The van der Waals surface area contributed by atoms with Crippen molar-refractivity contribution in [2.45, 2.75) is 41.9 Å². The maximum absolute atomic E-state index is 12.6. The highest BCUT2D eigenvalue weighted by Crippen LogP contribution is 2.23. The third-order valence-electron chi connectivity index (χ3n) is 4.37. The Kier molecular flexibility index (Phi) is 7.71. The molecule has 0 atom stereocenters. The molecule has 0 aliphatic carbocycles. The Morgan fingerprint density at radius 3 is 2.55 bits per heavy atom. The van der Waals surface area contributed by atoms with Crippen LogP contribution in [0.25, 0.3) is 10.2 Å². The van der Waals surface area contributed by atoms with Crippen molar-refractivity contribution in [3.05, 3.63) is 52.8 Å². The first kappa shape index (κ1) is 23.7. The van der Waals surface area contributed by atoms with Crippen LogP contribution in [0.3, 0.4) is 0 Å². The van der Waals surface area contributed by atoms with E-state index in [1.54, 1.807) is 24.9 Å². The summed E-state index contributed by atoms with van der Waals surface area (Å²) in [7, 11) is -2.22. The summed E-state index contributed by atoms with van der Waals surface area (Å²) >= 11 is 3.02. The number of ether oxygens (including phenoxy) is 1. The van der Waals surface area contributed by atoms with Crippen LogP contribution in [0.4, 0.5) is 0 Å². The second kappa shape index (κ2) is 10.1. The first-order valence-corrected chi connectivity index (χ1v) is 12.9. The van der Waals surface area contributed by atoms with E-state index in [0.29, 0.717) is 27.9 Å². The van der Waals surface area contributed by atoms with Gasteiger partial charge in [-0.25, -0.2) is 13.6 Å². The third kappa shape index (κ3) is 6.27. The number of benzene rings is 2. The summed E-state index contributed by atoms with van der Waals surface area (Å²) in [5.41, 5.74) is 1.67. The number of thioether (sulfide) groups is 1. The van der Waals surface area contributed by atoms with Crippen LogP contribution in [0.5, 0.6) is 0 Å². The van der Waals surface area contributed by atoms with Gasteiger partial charge in [-0.15, -0.1) is 11.8 Å². The summed E-state index contributed by atoms with van der Waals surface area (Å²) < 4.78 is 31.1. The first-order valence-electron chi connectivity index (χ1n) is 9.65. The van der Waals surface area contributed by atoms with Crippen molar-refractivity contribution >= 4 is 49.2 Å². The minimum atomic E-state index is -3.82. The fourth-order valence-corrected chi connectivity index (χ4v) is 5.56. The zero-order valence-corrected chi connectivity index (χ0v) is 20.0. The van der Waals surface area contributed by atoms with Gasteiger partial charge in [0.2, 0.25) is 10.0 Å². The molecule has 1 aromatic heterocycles. The Labute approximate surface area is 190 Å². The number of primary sulfonamides is 1. The largest absolute Gasteiger partial charge is 0.383 e. The predicted molar refractivity (Wildman–Crippen MR) is 125 cm³/mol. The number of sulfonamides is 1. The van der Waals surface area contributed by atoms with Crippen molar-refractivity contribution in [2.75, 3.05) is 13.7 Å². The second-order valence-corrected chi connectivity index (χ2v) is 11.4. The van der Waals surface area contributed by atoms with Gasteiger partial charge in [0, 0.05) is 23.8 Å². The van der Waals surface area contributed by atoms with Gasteiger partial charge < -0.3 is 9.30 Å². The molecule has 0 saturated carbocycles. The Bertz CT molecular complexity index is 1240. The minimum absolute atomic E-state index is 0.0253. The van der Waals surface area contributed by atoms with Gasteiger partial charge in [0.25, 0.3) is 5.91 Å². The molecule has 166 valence electrons.